The summed E-state index contributed by atoms with van der Waals surface area (Å²) in [6, 6.07) is 5.23. The average Bonchev–Trinajstić information content (AvgIpc) is 2.28. The molecule has 0 heterocycles. The number of hydrogen-bond donors (Lipinski definition) is 0. The molecule has 0 spiro atoms. The van der Waals surface area contributed by atoms with Crippen LogP contribution in [0.15, 0.2) is 36.4 Å². The minimum atomic E-state index is -4.39. The van der Waals surface area contributed by atoms with E-state index in [0.29, 0.717) is 0 Å². The van der Waals surface area contributed by atoms with Crippen LogP contribution < -0.4 is 0 Å². The zero-order valence-corrected chi connectivity index (χ0v) is 9.88. The number of hydrogen-bond acceptors (Lipinski definition) is 2. The fraction of sp³-hybridized carbons (Fsp3) is 0.308. The van der Waals surface area contributed by atoms with Gasteiger partial charge in [-0.3, -0.25) is 0 Å². The van der Waals surface area contributed by atoms with Gasteiger partial charge < -0.3 is 4.74 Å². The highest BCUT2D eigenvalue weighted by molar-refractivity contribution is 5.86. The van der Waals surface area contributed by atoms with E-state index in [0.717, 1.165) is 6.07 Å². The van der Waals surface area contributed by atoms with Gasteiger partial charge in [0, 0.05) is 12.0 Å². The summed E-state index contributed by atoms with van der Waals surface area (Å²) in [4.78, 5) is 11.1. The lowest BCUT2D eigenvalue weighted by molar-refractivity contribution is -0.139. The first kappa shape index (κ1) is 14.3. The molecular formula is C13H13F3O2. The summed E-state index contributed by atoms with van der Waals surface area (Å²) in [7, 11) is 0. The summed E-state index contributed by atoms with van der Waals surface area (Å²) < 4.78 is 42.7. The number of ether oxygens (including phenoxy) is 1. The van der Waals surface area contributed by atoms with Crippen molar-refractivity contribution in [2.75, 3.05) is 6.61 Å². The van der Waals surface area contributed by atoms with Gasteiger partial charge in [0.2, 0.25) is 0 Å². The molecule has 0 radical (unpaired) electrons. The molecule has 18 heavy (non-hydrogen) atoms. The first-order valence-electron chi connectivity index (χ1n) is 5.30. The van der Waals surface area contributed by atoms with E-state index < -0.39 is 17.7 Å². The van der Waals surface area contributed by atoms with Crippen LogP contribution in [0.3, 0.4) is 0 Å². The Morgan fingerprint density at radius 2 is 1.94 bits per heavy atom. The van der Waals surface area contributed by atoms with Crippen molar-refractivity contribution in [1.82, 2.24) is 0 Å². The highest BCUT2D eigenvalue weighted by Crippen LogP contribution is 2.31. The molecule has 0 aliphatic rings. The summed E-state index contributed by atoms with van der Waals surface area (Å²) in [5.74, 6) is -0.598. The summed E-state index contributed by atoms with van der Waals surface area (Å²) in [5, 5.41) is 0. The summed E-state index contributed by atoms with van der Waals surface area (Å²) in [6.07, 6.45) is -4.37. The minimum absolute atomic E-state index is 0.0225. The number of rotatable bonds is 4. The van der Waals surface area contributed by atoms with E-state index >= 15 is 0 Å². The maximum absolute atomic E-state index is 12.6. The number of carbonyl (C=O) groups excluding carboxylic acids is 1. The fourth-order valence-electron chi connectivity index (χ4n) is 1.39. The van der Waals surface area contributed by atoms with Gasteiger partial charge in [-0.05, 0) is 18.6 Å². The Hall–Kier alpha value is -1.78. The second kappa shape index (κ2) is 5.71. The van der Waals surface area contributed by atoms with Gasteiger partial charge in [0.15, 0.2) is 0 Å². The van der Waals surface area contributed by atoms with Gasteiger partial charge in [0.25, 0.3) is 0 Å². The highest BCUT2D eigenvalue weighted by atomic mass is 19.4. The second-order valence-electron chi connectivity index (χ2n) is 3.82. The van der Waals surface area contributed by atoms with Crippen LogP contribution in [0.5, 0.6) is 0 Å². The molecule has 1 aromatic carbocycles. The van der Waals surface area contributed by atoms with Crippen LogP contribution in [-0.2, 0) is 22.1 Å². The number of benzene rings is 1. The van der Waals surface area contributed by atoms with Crippen molar-refractivity contribution >= 4 is 5.97 Å². The van der Waals surface area contributed by atoms with Crippen molar-refractivity contribution < 1.29 is 22.7 Å². The molecule has 2 nitrogen and oxygen atoms in total. The Morgan fingerprint density at radius 3 is 2.50 bits per heavy atom. The largest absolute Gasteiger partial charge is 0.462 e. The van der Waals surface area contributed by atoms with E-state index in [4.69, 9.17) is 4.74 Å². The molecule has 0 saturated carbocycles. The monoisotopic (exact) mass is 258 g/mol. The van der Waals surface area contributed by atoms with E-state index in [9.17, 15) is 18.0 Å². The molecular weight excluding hydrogens is 245 g/mol. The van der Waals surface area contributed by atoms with E-state index in [2.05, 4.69) is 6.58 Å². The molecule has 0 fully saturated rings. The zero-order chi connectivity index (χ0) is 13.8. The van der Waals surface area contributed by atoms with Gasteiger partial charge in [0.05, 0.1) is 12.2 Å². The van der Waals surface area contributed by atoms with Crippen LogP contribution in [0, 0.1) is 0 Å². The molecule has 1 aromatic rings. The van der Waals surface area contributed by atoms with Crippen LogP contribution in [0.2, 0.25) is 0 Å². The molecule has 0 aliphatic heterocycles. The molecule has 0 atom stereocenters. The van der Waals surface area contributed by atoms with E-state index in [1.54, 1.807) is 0 Å². The molecule has 0 aliphatic carbocycles. The van der Waals surface area contributed by atoms with Gasteiger partial charge >= 0.3 is 12.1 Å². The smallest absolute Gasteiger partial charge is 0.416 e. The first-order valence-corrected chi connectivity index (χ1v) is 5.30. The predicted molar refractivity (Wildman–Crippen MR) is 60.9 cm³/mol. The highest BCUT2D eigenvalue weighted by Gasteiger charge is 2.32. The number of esters is 1. The maximum Gasteiger partial charge on any atom is 0.416 e. The SMILES string of the molecule is C=C(C)C(=O)OCCc1ccccc1C(F)(F)F. The normalized spacial score (nSPS) is 11.1. The van der Waals surface area contributed by atoms with Crippen molar-refractivity contribution in [2.24, 2.45) is 0 Å². The Labute approximate surface area is 103 Å². The third-order valence-corrected chi connectivity index (χ3v) is 2.28. The second-order valence-corrected chi connectivity index (χ2v) is 3.82. The van der Waals surface area contributed by atoms with Crippen molar-refractivity contribution in [3.63, 3.8) is 0 Å². The van der Waals surface area contributed by atoms with Gasteiger partial charge in [0.1, 0.15) is 0 Å². The molecule has 1 rings (SSSR count). The molecule has 0 bridgehead atoms. The first-order chi connectivity index (χ1) is 8.32. The van der Waals surface area contributed by atoms with Crippen molar-refractivity contribution in [3.05, 3.63) is 47.5 Å². The lowest BCUT2D eigenvalue weighted by atomic mass is 10.0. The number of halogens is 3. The van der Waals surface area contributed by atoms with E-state index in [-0.39, 0.29) is 24.2 Å². The predicted octanol–water partition coefficient (Wildman–Crippen LogP) is 3.37. The lowest BCUT2D eigenvalue weighted by Gasteiger charge is -2.12. The van der Waals surface area contributed by atoms with Crippen molar-refractivity contribution in [3.8, 4) is 0 Å². The van der Waals surface area contributed by atoms with E-state index in [1.165, 1.54) is 25.1 Å². The average molecular weight is 258 g/mol. The molecule has 0 unspecified atom stereocenters. The lowest BCUT2D eigenvalue weighted by Crippen LogP contribution is -2.12. The zero-order valence-electron chi connectivity index (χ0n) is 9.88. The number of alkyl halides is 3. The van der Waals surface area contributed by atoms with Crippen LogP contribution >= 0.6 is 0 Å². The topological polar surface area (TPSA) is 26.3 Å². The Morgan fingerprint density at radius 1 is 1.33 bits per heavy atom. The Bertz CT molecular complexity index is 450. The molecule has 0 saturated heterocycles. The quantitative estimate of drug-likeness (QED) is 0.611. The van der Waals surface area contributed by atoms with Crippen LogP contribution in [0.1, 0.15) is 18.1 Å². The fourth-order valence-corrected chi connectivity index (χ4v) is 1.39. The standard InChI is InChI=1S/C13H13F3O2/c1-9(2)12(17)18-8-7-10-5-3-4-6-11(10)13(14,15)16/h3-6H,1,7-8H2,2H3. The van der Waals surface area contributed by atoms with Crippen molar-refractivity contribution in [1.29, 1.82) is 0 Å². The maximum atomic E-state index is 12.6. The molecule has 0 N–H and O–H groups in total. The van der Waals surface area contributed by atoms with Gasteiger partial charge in [-0.1, -0.05) is 24.8 Å². The summed E-state index contributed by atoms with van der Waals surface area (Å²) in [5.41, 5.74) is -0.366. The van der Waals surface area contributed by atoms with Crippen LogP contribution in [0.4, 0.5) is 13.2 Å². The molecule has 0 amide bonds. The number of carbonyl (C=O) groups is 1. The van der Waals surface area contributed by atoms with Crippen LogP contribution in [0.25, 0.3) is 0 Å². The van der Waals surface area contributed by atoms with E-state index in [1.807, 2.05) is 0 Å². The van der Waals surface area contributed by atoms with Gasteiger partial charge in [-0.25, -0.2) is 4.79 Å². The Balaban J connectivity index is 2.68. The van der Waals surface area contributed by atoms with Crippen molar-refractivity contribution in [2.45, 2.75) is 19.5 Å². The third kappa shape index (κ3) is 3.91. The molecule has 98 valence electrons. The third-order valence-electron chi connectivity index (χ3n) is 2.28. The minimum Gasteiger partial charge on any atom is -0.462 e. The summed E-state index contributed by atoms with van der Waals surface area (Å²) >= 11 is 0. The molecule has 5 heteroatoms. The Kier molecular flexibility index (Phi) is 4.53. The van der Waals surface area contributed by atoms with Crippen LogP contribution in [-0.4, -0.2) is 12.6 Å². The van der Waals surface area contributed by atoms with Gasteiger partial charge in [-0.2, -0.15) is 13.2 Å². The van der Waals surface area contributed by atoms with Gasteiger partial charge in [-0.15, -0.1) is 0 Å². The molecule has 0 aromatic heterocycles. The summed E-state index contributed by atoms with van der Waals surface area (Å²) in [6.45, 7) is 4.76.